The normalized spacial score (nSPS) is 22.9. The number of ether oxygens (including phenoxy) is 1. The van der Waals surface area contributed by atoms with Gasteiger partial charge in [-0.15, -0.1) is 0 Å². The van der Waals surface area contributed by atoms with Crippen LogP contribution in [-0.4, -0.2) is 39.5 Å². The number of alkyl carbamates (subject to hydrolysis) is 1. The third-order valence-electron chi connectivity index (χ3n) is 2.76. The van der Waals surface area contributed by atoms with Crippen LogP contribution in [0.2, 0.25) is 0 Å². The molecule has 1 heterocycles. The molecule has 0 aliphatic carbocycles. The van der Waals surface area contributed by atoms with E-state index in [-0.39, 0.29) is 12.6 Å². The van der Waals surface area contributed by atoms with E-state index in [4.69, 9.17) is 4.74 Å². The average Bonchev–Trinajstić information content (AvgIpc) is 2.67. The number of hydrogen-bond acceptors (Lipinski definition) is 5. The van der Waals surface area contributed by atoms with Crippen LogP contribution in [0.1, 0.15) is 5.56 Å². The van der Waals surface area contributed by atoms with E-state index >= 15 is 0 Å². The van der Waals surface area contributed by atoms with Crippen molar-refractivity contribution < 1.29 is 22.1 Å². The molecule has 1 N–H and O–H groups in total. The zero-order valence-corrected chi connectivity index (χ0v) is 11.2. The second kappa shape index (κ2) is 5.58. The fourth-order valence-electron chi connectivity index (χ4n) is 1.89. The molecule has 1 aliphatic heterocycles. The molecule has 2 rings (SSSR count). The first-order valence-corrected chi connectivity index (χ1v) is 7.61. The maximum atomic E-state index is 11.2. The highest BCUT2D eigenvalue weighted by Gasteiger charge is 2.34. The van der Waals surface area contributed by atoms with Crippen molar-refractivity contribution in [2.24, 2.45) is 0 Å². The Labute approximate surface area is 111 Å². The highest BCUT2D eigenvalue weighted by Crippen LogP contribution is 2.15. The van der Waals surface area contributed by atoms with Gasteiger partial charge in [-0.25, -0.2) is 4.79 Å². The van der Waals surface area contributed by atoms with Gasteiger partial charge in [-0.05, 0) is 12.0 Å². The van der Waals surface area contributed by atoms with Gasteiger partial charge in [0, 0.05) is 0 Å². The lowest BCUT2D eigenvalue weighted by Crippen LogP contribution is -2.36. The van der Waals surface area contributed by atoms with Gasteiger partial charge < -0.3 is 10.1 Å². The van der Waals surface area contributed by atoms with E-state index in [0.29, 0.717) is 6.42 Å². The summed E-state index contributed by atoms with van der Waals surface area (Å²) in [6.45, 7) is -0.172. The van der Waals surface area contributed by atoms with Gasteiger partial charge in [0.15, 0.2) is 0 Å². The Morgan fingerprint density at radius 1 is 1.32 bits per heavy atom. The molecule has 1 aromatic rings. The lowest BCUT2D eigenvalue weighted by Gasteiger charge is -2.16. The molecule has 0 spiro atoms. The lowest BCUT2D eigenvalue weighted by molar-refractivity contribution is 0.0943. The van der Waals surface area contributed by atoms with Crippen LogP contribution in [0, 0.1) is 0 Å². The van der Waals surface area contributed by atoms with Crippen molar-refractivity contribution in [3.63, 3.8) is 0 Å². The van der Waals surface area contributed by atoms with Crippen molar-refractivity contribution in [1.82, 2.24) is 5.32 Å². The first-order chi connectivity index (χ1) is 8.94. The molecule has 1 aromatic carbocycles. The maximum absolute atomic E-state index is 11.2. The van der Waals surface area contributed by atoms with Crippen LogP contribution < -0.4 is 5.32 Å². The van der Waals surface area contributed by atoms with Crippen molar-refractivity contribution >= 4 is 16.2 Å². The Hall–Kier alpha value is -1.60. The van der Waals surface area contributed by atoms with Crippen LogP contribution in [0.15, 0.2) is 30.3 Å². The summed E-state index contributed by atoms with van der Waals surface area (Å²) in [5, 5.41) is 2.65. The summed E-state index contributed by atoms with van der Waals surface area (Å²) in [6.07, 6.45) is 0.360. The summed E-state index contributed by atoms with van der Waals surface area (Å²) >= 11 is 0. The quantitative estimate of drug-likeness (QED) is 0.805. The second-order valence-corrected chi connectivity index (χ2v) is 6.02. The summed E-state index contributed by atoms with van der Waals surface area (Å²) in [4.78, 5) is 11.2. The Morgan fingerprint density at radius 3 is 2.63 bits per heavy atom. The van der Waals surface area contributed by atoms with Crippen LogP contribution in [0.5, 0.6) is 0 Å². The number of benzene rings is 1. The zero-order valence-electron chi connectivity index (χ0n) is 10.4. The van der Waals surface area contributed by atoms with Gasteiger partial charge in [0.05, 0.1) is 12.3 Å². The minimum Gasteiger partial charge on any atom is -0.442 e. The van der Waals surface area contributed by atoms with Gasteiger partial charge in [-0.2, -0.15) is 8.42 Å². The molecule has 1 saturated heterocycles. The highest BCUT2D eigenvalue weighted by atomic mass is 32.2. The standard InChI is InChI=1S/C12H15NO5S/c1-19(15,16)17-8-11-10(13-12(14)18-11)7-9-5-3-2-4-6-9/h2-6,10-11H,7-8H2,1H3,(H,13,14). The Kier molecular flexibility index (Phi) is 4.06. The van der Waals surface area contributed by atoms with Gasteiger partial charge in [-0.3, -0.25) is 4.18 Å². The molecule has 0 radical (unpaired) electrons. The third kappa shape index (κ3) is 4.22. The summed E-state index contributed by atoms with van der Waals surface area (Å²) in [5.74, 6) is 0. The number of carbonyl (C=O) groups is 1. The fraction of sp³-hybridized carbons (Fsp3) is 0.417. The third-order valence-corrected chi connectivity index (χ3v) is 3.32. The molecule has 2 unspecified atom stereocenters. The van der Waals surface area contributed by atoms with E-state index in [9.17, 15) is 13.2 Å². The predicted molar refractivity (Wildman–Crippen MR) is 68.1 cm³/mol. The van der Waals surface area contributed by atoms with Crippen LogP contribution >= 0.6 is 0 Å². The molecule has 1 aliphatic rings. The van der Waals surface area contributed by atoms with Crippen LogP contribution in [-0.2, 0) is 25.5 Å². The minimum atomic E-state index is -3.54. The number of rotatable bonds is 5. The van der Waals surface area contributed by atoms with Crippen LogP contribution in [0.3, 0.4) is 0 Å². The number of hydrogen-bond donors (Lipinski definition) is 1. The first-order valence-electron chi connectivity index (χ1n) is 5.79. The smallest absolute Gasteiger partial charge is 0.407 e. The van der Waals surface area contributed by atoms with E-state index in [1.54, 1.807) is 0 Å². The molecule has 0 bridgehead atoms. The first kappa shape index (κ1) is 13.8. The van der Waals surface area contributed by atoms with E-state index < -0.39 is 22.3 Å². The summed E-state index contributed by atoms with van der Waals surface area (Å²) in [5.41, 5.74) is 1.03. The van der Waals surface area contributed by atoms with E-state index in [1.165, 1.54) is 0 Å². The van der Waals surface area contributed by atoms with Crippen molar-refractivity contribution in [2.45, 2.75) is 18.6 Å². The molecule has 104 valence electrons. The van der Waals surface area contributed by atoms with Crippen molar-refractivity contribution in [3.8, 4) is 0 Å². The second-order valence-electron chi connectivity index (χ2n) is 4.37. The monoisotopic (exact) mass is 285 g/mol. The molecule has 1 amide bonds. The van der Waals surface area contributed by atoms with Crippen LogP contribution in [0.25, 0.3) is 0 Å². The molecule has 0 aromatic heterocycles. The largest absolute Gasteiger partial charge is 0.442 e. The fourth-order valence-corrected chi connectivity index (χ4v) is 2.27. The Morgan fingerprint density at radius 2 is 2.00 bits per heavy atom. The predicted octanol–water partition coefficient (Wildman–Crippen LogP) is 0.682. The van der Waals surface area contributed by atoms with E-state index in [2.05, 4.69) is 9.50 Å². The molecule has 19 heavy (non-hydrogen) atoms. The molecular weight excluding hydrogens is 270 g/mol. The summed E-state index contributed by atoms with van der Waals surface area (Å²) in [6, 6.07) is 9.26. The minimum absolute atomic E-state index is 0.172. The zero-order chi connectivity index (χ0) is 13.9. The van der Waals surface area contributed by atoms with E-state index in [0.717, 1.165) is 11.8 Å². The molecular formula is C12H15NO5S. The Bertz CT molecular complexity index is 542. The maximum Gasteiger partial charge on any atom is 0.407 e. The van der Waals surface area contributed by atoms with Gasteiger partial charge in [0.2, 0.25) is 0 Å². The lowest BCUT2D eigenvalue weighted by atomic mass is 10.0. The highest BCUT2D eigenvalue weighted by molar-refractivity contribution is 7.85. The SMILES string of the molecule is CS(=O)(=O)OCC1OC(=O)NC1Cc1ccccc1. The average molecular weight is 285 g/mol. The molecule has 1 fully saturated rings. The van der Waals surface area contributed by atoms with Crippen molar-refractivity contribution in [2.75, 3.05) is 12.9 Å². The summed E-state index contributed by atoms with van der Waals surface area (Å²) in [7, 11) is -3.54. The molecule has 6 nitrogen and oxygen atoms in total. The Balaban J connectivity index is 1.99. The number of nitrogens with one attached hydrogen (secondary N) is 1. The van der Waals surface area contributed by atoms with Gasteiger partial charge in [0.25, 0.3) is 10.1 Å². The van der Waals surface area contributed by atoms with Crippen LogP contribution in [0.4, 0.5) is 4.79 Å². The number of amides is 1. The van der Waals surface area contributed by atoms with Gasteiger partial charge in [-0.1, -0.05) is 30.3 Å². The van der Waals surface area contributed by atoms with Crippen molar-refractivity contribution in [3.05, 3.63) is 35.9 Å². The number of carbonyl (C=O) groups excluding carboxylic acids is 1. The summed E-state index contributed by atoms with van der Waals surface area (Å²) < 4.78 is 31.6. The molecule has 2 atom stereocenters. The van der Waals surface area contributed by atoms with Gasteiger partial charge in [0.1, 0.15) is 12.7 Å². The number of cyclic esters (lactones) is 1. The van der Waals surface area contributed by atoms with Gasteiger partial charge >= 0.3 is 6.09 Å². The van der Waals surface area contributed by atoms with Crippen molar-refractivity contribution in [1.29, 1.82) is 0 Å². The molecule has 7 heteroatoms. The van der Waals surface area contributed by atoms with E-state index in [1.807, 2.05) is 30.3 Å². The molecule has 0 saturated carbocycles. The topological polar surface area (TPSA) is 81.7 Å².